The summed E-state index contributed by atoms with van der Waals surface area (Å²) < 4.78 is 39.9. The normalized spacial score (nSPS) is 13.0. The highest BCUT2D eigenvalue weighted by molar-refractivity contribution is 5.45. The van der Waals surface area contributed by atoms with Gasteiger partial charge in [-0.3, -0.25) is 0 Å². The van der Waals surface area contributed by atoms with Gasteiger partial charge in [0.1, 0.15) is 17.2 Å². The van der Waals surface area contributed by atoms with Crippen LogP contribution in [0.4, 0.5) is 13.2 Å². The Labute approximate surface area is 118 Å². The monoisotopic (exact) mass is 299 g/mol. The van der Waals surface area contributed by atoms with Crippen LogP contribution in [-0.2, 0) is 0 Å². The standard InChI is InChI=1S/C14H12F3NO3/c15-14(16,17)21-10-4-1-8(2-5-10)13(18)11-7-9(19)3-6-12(11)20/h1-7,13,19-20H,18H2/t13-/m1/s1. The van der Waals surface area contributed by atoms with E-state index in [1.165, 1.54) is 30.3 Å². The number of aromatic hydroxyl groups is 2. The van der Waals surface area contributed by atoms with E-state index in [0.717, 1.165) is 12.1 Å². The van der Waals surface area contributed by atoms with Crippen molar-refractivity contribution in [2.24, 2.45) is 5.73 Å². The lowest BCUT2D eigenvalue weighted by Gasteiger charge is -2.15. The van der Waals surface area contributed by atoms with Gasteiger partial charge < -0.3 is 20.7 Å². The van der Waals surface area contributed by atoms with E-state index in [0.29, 0.717) is 5.56 Å². The molecule has 2 aromatic carbocycles. The van der Waals surface area contributed by atoms with E-state index >= 15 is 0 Å². The molecule has 4 nitrogen and oxygen atoms in total. The van der Waals surface area contributed by atoms with Crippen molar-refractivity contribution in [2.45, 2.75) is 12.4 Å². The van der Waals surface area contributed by atoms with E-state index < -0.39 is 12.4 Å². The molecule has 4 N–H and O–H groups in total. The van der Waals surface area contributed by atoms with Gasteiger partial charge in [-0.05, 0) is 35.9 Å². The lowest BCUT2D eigenvalue weighted by molar-refractivity contribution is -0.274. The van der Waals surface area contributed by atoms with Crippen molar-refractivity contribution in [2.75, 3.05) is 0 Å². The van der Waals surface area contributed by atoms with Crippen LogP contribution in [0, 0.1) is 0 Å². The molecule has 0 aliphatic carbocycles. The molecule has 0 amide bonds. The summed E-state index contributed by atoms with van der Waals surface area (Å²) >= 11 is 0. The summed E-state index contributed by atoms with van der Waals surface area (Å²) in [7, 11) is 0. The molecule has 0 heterocycles. The highest BCUT2D eigenvalue weighted by Crippen LogP contribution is 2.31. The summed E-state index contributed by atoms with van der Waals surface area (Å²) in [5.74, 6) is -0.551. The van der Waals surface area contributed by atoms with Gasteiger partial charge in [0.05, 0.1) is 6.04 Å². The van der Waals surface area contributed by atoms with Crippen LogP contribution in [0.25, 0.3) is 0 Å². The molecule has 7 heteroatoms. The van der Waals surface area contributed by atoms with Crippen LogP contribution in [0.1, 0.15) is 17.2 Å². The number of benzene rings is 2. The minimum absolute atomic E-state index is 0.0738. The second-order valence-electron chi connectivity index (χ2n) is 4.34. The first-order valence-electron chi connectivity index (χ1n) is 5.89. The van der Waals surface area contributed by atoms with Crippen LogP contribution >= 0.6 is 0 Å². The number of nitrogens with two attached hydrogens (primary N) is 1. The first kappa shape index (κ1) is 15.0. The molecule has 0 aliphatic rings. The van der Waals surface area contributed by atoms with Crippen molar-refractivity contribution in [3.05, 3.63) is 53.6 Å². The minimum atomic E-state index is -4.76. The highest BCUT2D eigenvalue weighted by atomic mass is 19.4. The Kier molecular flexibility index (Phi) is 3.95. The number of phenols is 2. The summed E-state index contributed by atoms with van der Waals surface area (Å²) in [4.78, 5) is 0. The second-order valence-corrected chi connectivity index (χ2v) is 4.34. The zero-order chi connectivity index (χ0) is 15.6. The molecule has 0 radical (unpaired) electrons. The molecular weight excluding hydrogens is 287 g/mol. The molecular formula is C14H12F3NO3. The van der Waals surface area contributed by atoms with Gasteiger partial charge in [0, 0.05) is 5.56 Å². The lowest BCUT2D eigenvalue weighted by Crippen LogP contribution is -2.17. The van der Waals surface area contributed by atoms with Crippen LogP contribution in [0.2, 0.25) is 0 Å². The van der Waals surface area contributed by atoms with Crippen LogP contribution < -0.4 is 10.5 Å². The molecule has 112 valence electrons. The number of halogens is 3. The fourth-order valence-corrected chi connectivity index (χ4v) is 1.85. The van der Waals surface area contributed by atoms with E-state index in [4.69, 9.17) is 5.73 Å². The number of rotatable bonds is 3. The van der Waals surface area contributed by atoms with Gasteiger partial charge in [-0.2, -0.15) is 0 Å². The highest BCUT2D eigenvalue weighted by Gasteiger charge is 2.31. The third-order valence-electron chi connectivity index (χ3n) is 2.82. The maximum Gasteiger partial charge on any atom is 0.573 e. The predicted octanol–water partition coefficient (Wildman–Crippen LogP) is 3.04. The van der Waals surface area contributed by atoms with Crippen molar-refractivity contribution in [3.63, 3.8) is 0 Å². The molecule has 1 atom stereocenters. The Morgan fingerprint density at radius 2 is 1.62 bits per heavy atom. The summed E-state index contributed by atoms with van der Waals surface area (Å²) in [5, 5.41) is 19.1. The van der Waals surface area contributed by atoms with Crippen LogP contribution in [0.15, 0.2) is 42.5 Å². The molecule has 0 spiro atoms. The average Bonchev–Trinajstić information content (AvgIpc) is 2.40. The third kappa shape index (κ3) is 3.79. The summed E-state index contributed by atoms with van der Waals surface area (Å²) in [6.45, 7) is 0. The molecule has 2 rings (SSSR count). The van der Waals surface area contributed by atoms with E-state index in [-0.39, 0.29) is 22.8 Å². The van der Waals surface area contributed by atoms with Gasteiger partial charge in [0.2, 0.25) is 0 Å². The Morgan fingerprint density at radius 1 is 1.00 bits per heavy atom. The Hall–Kier alpha value is -2.41. The fraction of sp³-hybridized carbons (Fsp3) is 0.143. The van der Waals surface area contributed by atoms with Gasteiger partial charge in [-0.15, -0.1) is 13.2 Å². The van der Waals surface area contributed by atoms with E-state index in [2.05, 4.69) is 4.74 Å². The molecule has 0 saturated heterocycles. The smallest absolute Gasteiger partial charge is 0.508 e. The predicted molar refractivity (Wildman–Crippen MR) is 68.9 cm³/mol. The van der Waals surface area contributed by atoms with E-state index in [9.17, 15) is 23.4 Å². The zero-order valence-electron chi connectivity index (χ0n) is 10.6. The van der Waals surface area contributed by atoms with Gasteiger partial charge in [-0.25, -0.2) is 0 Å². The molecule has 0 unspecified atom stereocenters. The zero-order valence-corrected chi connectivity index (χ0v) is 10.6. The van der Waals surface area contributed by atoms with E-state index in [1.807, 2.05) is 0 Å². The van der Waals surface area contributed by atoms with Crippen molar-refractivity contribution in [1.82, 2.24) is 0 Å². The SMILES string of the molecule is N[C@H](c1ccc(OC(F)(F)F)cc1)c1cc(O)ccc1O. The Bertz CT molecular complexity index is 626. The van der Waals surface area contributed by atoms with Gasteiger partial charge >= 0.3 is 6.36 Å². The van der Waals surface area contributed by atoms with Crippen molar-refractivity contribution < 1.29 is 28.1 Å². The number of hydrogen-bond acceptors (Lipinski definition) is 4. The minimum Gasteiger partial charge on any atom is -0.508 e. The number of phenolic OH excluding ortho intramolecular Hbond substituents is 2. The quantitative estimate of drug-likeness (QED) is 0.761. The van der Waals surface area contributed by atoms with Crippen LogP contribution in [-0.4, -0.2) is 16.6 Å². The maximum absolute atomic E-state index is 12.1. The molecule has 0 fully saturated rings. The fourth-order valence-electron chi connectivity index (χ4n) is 1.85. The average molecular weight is 299 g/mol. The van der Waals surface area contributed by atoms with Crippen LogP contribution in [0.3, 0.4) is 0 Å². The first-order chi connectivity index (χ1) is 9.76. The molecule has 0 aliphatic heterocycles. The first-order valence-corrected chi connectivity index (χ1v) is 5.89. The van der Waals surface area contributed by atoms with E-state index in [1.54, 1.807) is 0 Å². The van der Waals surface area contributed by atoms with Crippen molar-refractivity contribution >= 4 is 0 Å². The molecule has 0 aromatic heterocycles. The lowest BCUT2D eigenvalue weighted by atomic mass is 9.98. The molecule has 2 aromatic rings. The topological polar surface area (TPSA) is 75.7 Å². The van der Waals surface area contributed by atoms with Gasteiger partial charge in [0.15, 0.2) is 0 Å². The Morgan fingerprint density at radius 3 is 2.19 bits per heavy atom. The largest absolute Gasteiger partial charge is 0.573 e. The van der Waals surface area contributed by atoms with Crippen LogP contribution in [0.5, 0.6) is 17.2 Å². The number of alkyl halides is 3. The third-order valence-corrected chi connectivity index (χ3v) is 2.82. The van der Waals surface area contributed by atoms with Crippen molar-refractivity contribution in [1.29, 1.82) is 0 Å². The molecule has 21 heavy (non-hydrogen) atoms. The summed E-state index contributed by atoms with van der Waals surface area (Å²) in [6.07, 6.45) is -4.76. The van der Waals surface area contributed by atoms with Crippen molar-refractivity contribution in [3.8, 4) is 17.2 Å². The summed E-state index contributed by atoms with van der Waals surface area (Å²) in [5.41, 5.74) is 6.66. The molecule has 0 bridgehead atoms. The Balaban J connectivity index is 2.24. The second kappa shape index (κ2) is 5.53. The number of hydrogen-bond donors (Lipinski definition) is 3. The number of ether oxygens (including phenoxy) is 1. The van der Waals surface area contributed by atoms with Gasteiger partial charge in [-0.1, -0.05) is 12.1 Å². The summed E-state index contributed by atoms with van der Waals surface area (Å²) in [6, 6.07) is 8.05. The molecule has 0 saturated carbocycles. The van der Waals surface area contributed by atoms with Gasteiger partial charge in [0.25, 0.3) is 0 Å². The maximum atomic E-state index is 12.1.